The van der Waals surface area contributed by atoms with E-state index in [-0.39, 0.29) is 18.0 Å². The molecule has 0 heterocycles. The first-order valence-electron chi connectivity index (χ1n) is 6.12. The number of phenols is 1. The molecule has 2 amide bonds. The van der Waals surface area contributed by atoms with Crippen molar-refractivity contribution in [1.82, 2.24) is 5.32 Å². The third-order valence-electron chi connectivity index (χ3n) is 2.70. The maximum Gasteiger partial charge on any atom is 0.319 e. The summed E-state index contributed by atoms with van der Waals surface area (Å²) in [6.07, 6.45) is 0. The van der Waals surface area contributed by atoms with Crippen LogP contribution < -0.4 is 10.6 Å². The zero-order valence-corrected chi connectivity index (χ0v) is 10.9. The Hall–Kier alpha value is -3.09. The first-order chi connectivity index (χ1) is 10.0. The van der Waals surface area contributed by atoms with Crippen molar-refractivity contribution in [2.75, 3.05) is 5.32 Å². The molecule has 7 heteroatoms. The average Bonchev–Trinajstić information content (AvgIpc) is 2.46. The van der Waals surface area contributed by atoms with Gasteiger partial charge in [-0.15, -0.1) is 0 Å². The van der Waals surface area contributed by atoms with Gasteiger partial charge in [0, 0.05) is 24.4 Å². The van der Waals surface area contributed by atoms with Gasteiger partial charge in [0.15, 0.2) is 0 Å². The summed E-state index contributed by atoms with van der Waals surface area (Å²) in [5.41, 5.74) is 1.17. The lowest BCUT2D eigenvalue weighted by atomic mass is 10.2. The van der Waals surface area contributed by atoms with E-state index in [0.717, 1.165) is 5.56 Å². The second-order valence-corrected chi connectivity index (χ2v) is 4.28. The number of nitro benzene ring substituents is 1. The van der Waals surface area contributed by atoms with Crippen molar-refractivity contribution >= 4 is 17.4 Å². The van der Waals surface area contributed by atoms with Crippen molar-refractivity contribution in [3.63, 3.8) is 0 Å². The van der Waals surface area contributed by atoms with Crippen molar-refractivity contribution in [2.45, 2.75) is 6.54 Å². The van der Waals surface area contributed by atoms with Crippen LogP contribution in [0.2, 0.25) is 0 Å². The monoisotopic (exact) mass is 287 g/mol. The number of nitro groups is 1. The van der Waals surface area contributed by atoms with Crippen molar-refractivity contribution in [1.29, 1.82) is 0 Å². The quantitative estimate of drug-likeness (QED) is 0.593. The van der Waals surface area contributed by atoms with Crippen molar-refractivity contribution < 1.29 is 14.8 Å². The minimum absolute atomic E-state index is 0.0410. The molecule has 0 saturated heterocycles. The molecule has 0 radical (unpaired) electrons. The van der Waals surface area contributed by atoms with E-state index in [1.54, 1.807) is 24.3 Å². The molecule has 0 aliphatic heterocycles. The molecule has 2 aromatic carbocycles. The number of amides is 2. The smallest absolute Gasteiger partial charge is 0.319 e. The Bertz CT molecular complexity index is 656. The van der Waals surface area contributed by atoms with Crippen LogP contribution in [0.15, 0.2) is 48.5 Å². The number of hydrogen-bond acceptors (Lipinski definition) is 4. The number of phenolic OH excluding ortho intramolecular Hbond substituents is 1. The predicted octanol–water partition coefficient (Wildman–Crippen LogP) is 2.62. The van der Waals surface area contributed by atoms with Gasteiger partial charge in [0.05, 0.1) is 4.92 Å². The fraction of sp³-hybridized carbons (Fsp3) is 0.0714. The molecule has 3 N–H and O–H groups in total. The first-order valence-corrected chi connectivity index (χ1v) is 6.12. The van der Waals surface area contributed by atoms with Crippen molar-refractivity contribution in [3.8, 4) is 5.75 Å². The number of rotatable bonds is 4. The van der Waals surface area contributed by atoms with Gasteiger partial charge in [-0.05, 0) is 29.8 Å². The summed E-state index contributed by atoms with van der Waals surface area (Å²) >= 11 is 0. The van der Waals surface area contributed by atoms with Gasteiger partial charge in [-0.2, -0.15) is 0 Å². The van der Waals surface area contributed by atoms with Gasteiger partial charge in [0.2, 0.25) is 0 Å². The first kappa shape index (κ1) is 14.3. The van der Waals surface area contributed by atoms with Gasteiger partial charge >= 0.3 is 6.03 Å². The third kappa shape index (κ3) is 4.20. The van der Waals surface area contributed by atoms with E-state index in [1.165, 1.54) is 24.3 Å². The minimum atomic E-state index is -0.508. The van der Waals surface area contributed by atoms with Gasteiger partial charge in [0.1, 0.15) is 5.75 Å². The molecule has 0 unspecified atom stereocenters. The summed E-state index contributed by atoms with van der Waals surface area (Å²) in [4.78, 5) is 21.7. The number of carbonyl (C=O) groups is 1. The molecule has 2 rings (SSSR count). The number of benzene rings is 2. The van der Waals surface area contributed by atoms with Crippen LogP contribution in [0.1, 0.15) is 5.56 Å². The lowest BCUT2D eigenvalue weighted by Crippen LogP contribution is -2.28. The molecule has 21 heavy (non-hydrogen) atoms. The number of anilines is 1. The highest BCUT2D eigenvalue weighted by Crippen LogP contribution is 2.15. The summed E-state index contributed by atoms with van der Waals surface area (Å²) in [6.45, 7) is 0.257. The molecular weight excluding hydrogens is 274 g/mol. The number of non-ortho nitro benzene ring substituents is 1. The molecule has 0 fully saturated rings. The molecular formula is C14H13N3O4. The topological polar surface area (TPSA) is 104 Å². The van der Waals surface area contributed by atoms with E-state index in [2.05, 4.69) is 10.6 Å². The van der Waals surface area contributed by atoms with Crippen LogP contribution in [0.4, 0.5) is 16.2 Å². The van der Waals surface area contributed by atoms with E-state index >= 15 is 0 Å². The summed E-state index contributed by atoms with van der Waals surface area (Å²) in [6, 6.07) is 11.6. The fourth-order valence-corrected chi connectivity index (χ4v) is 1.69. The van der Waals surface area contributed by atoms with Gasteiger partial charge in [0.25, 0.3) is 5.69 Å². The molecule has 108 valence electrons. The van der Waals surface area contributed by atoms with Crippen LogP contribution in [0.5, 0.6) is 5.75 Å². The van der Waals surface area contributed by atoms with E-state index in [1.807, 2.05) is 0 Å². The number of aromatic hydroxyl groups is 1. The summed E-state index contributed by atoms with van der Waals surface area (Å²) in [7, 11) is 0. The molecule has 0 bridgehead atoms. The number of nitrogens with zero attached hydrogens (tertiary/aromatic N) is 1. The maximum absolute atomic E-state index is 11.7. The second-order valence-electron chi connectivity index (χ2n) is 4.28. The molecule has 0 spiro atoms. The summed E-state index contributed by atoms with van der Waals surface area (Å²) in [5, 5.41) is 25.0. The Morgan fingerprint density at radius 3 is 2.52 bits per heavy atom. The number of carbonyl (C=O) groups excluding carboxylic acids is 1. The van der Waals surface area contributed by atoms with Crippen LogP contribution in [-0.2, 0) is 6.54 Å². The summed E-state index contributed by atoms with van der Waals surface area (Å²) in [5.74, 6) is 0.130. The Morgan fingerprint density at radius 2 is 1.90 bits per heavy atom. The van der Waals surface area contributed by atoms with Crippen molar-refractivity contribution in [2.24, 2.45) is 0 Å². The molecule has 0 atom stereocenters. The number of hydrogen-bond donors (Lipinski definition) is 3. The Balaban J connectivity index is 1.88. The Morgan fingerprint density at radius 1 is 1.19 bits per heavy atom. The van der Waals surface area contributed by atoms with Crippen molar-refractivity contribution in [3.05, 3.63) is 64.2 Å². The molecule has 0 aliphatic rings. The van der Waals surface area contributed by atoms with Gasteiger partial charge in [-0.3, -0.25) is 10.1 Å². The van der Waals surface area contributed by atoms with E-state index in [4.69, 9.17) is 0 Å². The zero-order valence-electron chi connectivity index (χ0n) is 10.9. The highest BCUT2D eigenvalue weighted by Gasteiger charge is 2.06. The fourth-order valence-electron chi connectivity index (χ4n) is 1.69. The van der Waals surface area contributed by atoms with E-state index in [9.17, 15) is 20.0 Å². The van der Waals surface area contributed by atoms with Crippen LogP contribution in [0.3, 0.4) is 0 Å². The molecule has 0 aromatic heterocycles. The number of urea groups is 1. The second kappa shape index (κ2) is 6.38. The zero-order chi connectivity index (χ0) is 15.2. The lowest BCUT2D eigenvalue weighted by Gasteiger charge is -2.07. The Kier molecular flexibility index (Phi) is 4.35. The van der Waals surface area contributed by atoms with Crippen LogP contribution in [0, 0.1) is 10.1 Å². The van der Waals surface area contributed by atoms with Crippen LogP contribution in [0.25, 0.3) is 0 Å². The molecule has 7 nitrogen and oxygen atoms in total. The Labute approximate surface area is 120 Å². The van der Waals surface area contributed by atoms with Crippen LogP contribution >= 0.6 is 0 Å². The van der Waals surface area contributed by atoms with Gasteiger partial charge < -0.3 is 15.7 Å². The van der Waals surface area contributed by atoms with E-state index < -0.39 is 11.0 Å². The standard InChI is InChI=1S/C14H13N3O4/c18-13-3-1-2-10(8-13)9-15-14(19)16-11-4-6-12(7-5-11)17(20)21/h1-8,18H,9H2,(H2,15,16,19). The third-order valence-corrected chi connectivity index (χ3v) is 2.70. The minimum Gasteiger partial charge on any atom is -0.508 e. The average molecular weight is 287 g/mol. The predicted molar refractivity (Wildman–Crippen MR) is 77.1 cm³/mol. The number of nitrogens with one attached hydrogen (secondary N) is 2. The lowest BCUT2D eigenvalue weighted by molar-refractivity contribution is -0.384. The SMILES string of the molecule is O=C(NCc1cccc(O)c1)Nc1ccc([N+](=O)[O-])cc1. The van der Waals surface area contributed by atoms with Gasteiger partial charge in [-0.25, -0.2) is 4.79 Å². The highest BCUT2D eigenvalue weighted by molar-refractivity contribution is 5.89. The normalized spacial score (nSPS) is 9.90. The largest absolute Gasteiger partial charge is 0.508 e. The van der Waals surface area contributed by atoms with Crippen LogP contribution in [-0.4, -0.2) is 16.1 Å². The molecule has 0 aliphatic carbocycles. The summed E-state index contributed by atoms with van der Waals surface area (Å²) < 4.78 is 0. The maximum atomic E-state index is 11.7. The van der Waals surface area contributed by atoms with E-state index in [0.29, 0.717) is 5.69 Å². The molecule has 2 aromatic rings. The molecule has 0 saturated carbocycles. The highest BCUT2D eigenvalue weighted by atomic mass is 16.6. The van der Waals surface area contributed by atoms with Gasteiger partial charge in [-0.1, -0.05) is 12.1 Å².